The number of benzene rings is 4. The smallest absolute Gasteiger partial charge is 0.0262 e. The van der Waals surface area contributed by atoms with Crippen molar-refractivity contribution in [2.45, 2.75) is 50.4 Å². The number of hydrogen-bond donors (Lipinski definition) is 0. The molecule has 6 aliphatic rings. The first-order chi connectivity index (χ1) is 17.8. The maximum atomic E-state index is 2.66. The largest absolute Gasteiger partial charge is 0.0619 e. The van der Waals surface area contributed by atoms with E-state index in [9.17, 15) is 0 Å². The van der Waals surface area contributed by atoms with Crippen molar-refractivity contribution in [2.75, 3.05) is 0 Å². The molecule has 4 saturated carbocycles. The Bertz CT molecular complexity index is 1520. The molecule has 0 nitrogen and oxygen atoms in total. The highest BCUT2D eigenvalue weighted by atomic mass is 14.6. The van der Waals surface area contributed by atoms with Gasteiger partial charge in [-0.05, 0) is 130 Å². The third-order valence-electron chi connectivity index (χ3n) is 11.0. The Hall–Kier alpha value is -3.12. The summed E-state index contributed by atoms with van der Waals surface area (Å²) in [6, 6.07) is 33.3. The predicted molar refractivity (Wildman–Crippen MR) is 147 cm³/mol. The molecule has 10 rings (SSSR count). The van der Waals surface area contributed by atoms with Crippen LogP contribution in [0.3, 0.4) is 0 Å². The molecule has 0 radical (unpaired) electrons. The van der Waals surface area contributed by atoms with Crippen molar-refractivity contribution in [3.63, 3.8) is 0 Å². The number of fused-ring (bicyclic) bond motifs is 6. The lowest BCUT2D eigenvalue weighted by atomic mass is 9.42. The first-order valence-electron chi connectivity index (χ1n) is 14.2. The lowest BCUT2D eigenvalue weighted by molar-refractivity contribution is -0.0420. The van der Waals surface area contributed by atoms with Crippen molar-refractivity contribution in [1.82, 2.24) is 0 Å². The Morgan fingerprint density at radius 3 is 1.86 bits per heavy atom. The van der Waals surface area contributed by atoms with E-state index in [0.29, 0.717) is 0 Å². The van der Waals surface area contributed by atoms with Gasteiger partial charge < -0.3 is 0 Å². The minimum atomic E-state index is 0.160. The SMILES string of the molecule is c1ccc2c(c1)Cc1ccc(C3(c4cccc5c4Cc4ccccc4-5)C4CC5CC(C4)CC3C5)cc1-2. The minimum absolute atomic E-state index is 0.160. The summed E-state index contributed by atoms with van der Waals surface area (Å²) < 4.78 is 0. The monoisotopic (exact) mass is 464 g/mol. The fourth-order valence-electron chi connectivity index (χ4n) is 9.92. The van der Waals surface area contributed by atoms with Gasteiger partial charge in [0, 0.05) is 5.41 Å². The maximum absolute atomic E-state index is 2.66. The molecule has 0 heteroatoms. The van der Waals surface area contributed by atoms with Crippen molar-refractivity contribution < 1.29 is 0 Å². The van der Waals surface area contributed by atoms with E-state index in [4.69, 9.17) is 0 Å². The van der Waals surface area contributed by atoms with E-state index in [-0.39, 0.29) is 5.41 Å². The van der Waals surface area contributed by atoms with Crippen LogP contribution in [0.5, 0.6) is 0 Å². The molecule has 0 aliphatic heterocycles. The van der Waals surface area contributed by atoms with Crippen LogP contribution in [0, 0.1) is 23.7 Å². The van der Waals surface area contributed by atoms with Crippen molar-refractivity contribution in [1.29, 1.82) is 0 Å². The van der Waals surface area contributed by atoms with E-state index >= 15 is 0 Å². The van der Waals surface area contributed by atoms with E-state index in [2.05, 4.69) is 84.9 Å². The van der Waals surface area contributed by atoms with Crippen LogP contribution in [0.4, 0.5) is 0 Å². The molecule has 176 valence electrons. The molecule has 0 atom stereocenters. The summed E-state index contributed by atoms with van der Waals surface area (Å²) in [5, 5.41) is 0. The molecule has 0 aromatic heterocycles. The zero-order valence-corrected chi connectivity index (χ0v) is 20.8. The summed E-state index contributed by atoms with van der Waals surface area (Å²) in [5.74, 6) is 3.48. The molecule has 0 N–H and O–H groups in total. The molecule has 0 saturated heterocycles. The zero-order valence-electron chi connectivity index (χ0n) is 20.8. The van der Waals surface area contributed by atoms with Crippen molar-refractivity contribution in [3.05, 3.63) is 118 Å². The van der Waals surface area contributed by atoms with Gasteiger partial charge in [0.2, 0.25) is 0 Å². The second-order valence-electron chi connectivity index (χ2n) is 12.5. The molecule has 0 spiro atoms. The molecule has 6 aliphatic carbocycles. The molecule has 4 aromatic rings. The molecule has 0 heterocycles. The second-order valence-corrected chi connectivity index (χ2v) is 12.5. The summed E-state index contributed by atoms with van der Waals surface area (Å²) in [6.45, 7) is 0. The van der Waals surface area contributed by atoms with Crippen LogP contribution in [0.15, 0.2) is 84.9 Å². The van der Waals surface area contributed by atoms with Crippen molar-refractivity contribution >= 4 is 0 Å². The van der Waals surface area contributed by atoms with Gasteiger partial charge in [0.05, 0.1) is 0 Å². The van der Waals surface area contributed by atoms with Crippen LogP contribution in [-0.4, -0.2) is 0 Å². The molecule has 4 fully saturated rings. The Kier molecular flexibility index (Phi) is 3.89. The molecule has 4 aromatic carbocycles. The molecule has 0 amide bonds. The van der Waals surface area contributed by atoms with Crippen LogP contribution in [0.1, 0.15) is 65.5 Å². The summed E-state index contributed by atoms with van der Waals surface area (Å²) in [7, 11) is 0. The fourth-order valence-corrected chi connectivity index (χ4v) is 9.92. The molecule has 0 unspecified atom stereocenters. The van der Waals surface area contributed by atoms with E-state index in [1.165, 1.54) is 71.0 Å². The topological polar surface area (TPSA) is 0 Å². The summed E-state index contributed by atoms with van der Waals surface area (Å²) in [6.07, 6.45) is 9.40. The van der Waals surface area contributed by atoms with Gasteiger partial charge in [-0.3, -0.25) is 0 Å². The Morgan fingerprint density at radius 1 is 0.500 bits per heavy atom. The van der Waals surface area contributed by atoms with Crippen LogP contribution in [0.25, 0.3) is 22.3 Å². The van der Waals surface area contributed by atoms with Crippen LogP contribution in [-0.2, 0) is 18.3 Å². The number of hydrogen-bond acceptors (Lipinski definition) is 0. The van der Waals surface area contributed by atoms with Crippen LogP contribution >= 0.6 is 0 Å². The quantitative estimate of drug-likeness (QED) is 0.241. The van der Waals surface area contributed by atoms with E-state index in [1.807, 2.05) is 0 Å². The predicted octanol–water partition coefficient (Wildman–Crippen LogP) is 8.57. The van der Waals surface area contributed by atoms with Crippen LogP contribution < -0.4 is 0 Å². The summed E-state index contributed by atoms with van der Waals surface area (Å²) >= 11 is 0. The fraction of sp³-hybridized carbons (Fsp3) is 0.333. The van der Waals surface area contributed by atoms with Gasteiger partial charge >= 0.3 is 0 Å². The zero-order chi connectivity index (χ0) is 23.4. The standard InChI is InChI=1S/C36H32/c1-4-9-31-24(6-1)19-26-12-13-27(21-33(26)31)36(28-15-22-14-23(17-28)18-29(36)16-22)35-11-5-10-32-30-8-3-2-7-25(30)20-34(32)35/h1-13,21-23,28-29H,14-20H2. The average Bonchev–Trinajstić information content (AvgIpc) is 3.47. The normalized spacial score (nSPS) is 30.1. The first-order valence-corrected chi connectivity index (χ1v) is 14.2. The Morgan fingerprint density at radius 2 is 1.11 bits per heavy atom. The highest BCUT2D eigenvalue weighted by Gasteiger charge is 2.59. The third kappa shape index (κ3) is 2.46. The van der Waals surface area contributed by atoms with Gasteiger partial charge in [0.1, 0.15) is 0 Å². The molecular formula is C36H32. The Balaban J connectivity index is 1.30. The minimum Gasteiger partial charge on any atom is -0.0619 e. The lowest BCUT2D eigenvalue weighted by Crippen LogP contribution is -2.56. The Labute approximate surface area is 214 Å². The van der Waals surface area contributed by atoms with E-state index in [1.54, 1.807) is 16.7 Å². The molecular weight excluding hydrogens is 432 g/mol. The molecule has 4 bridgehead atoms. The van der Waals surface area contributed by atoms with Gasteiger partial charge in [0.25, 0.3) is 0 Å². The first kappa shape index (κ1) is 20.0. The second kappa shape index (κ2) is 7.00. The van der Waals surface area contributed by atoms with E-state index < -0.39 is 0 Å². The van der Waals surface area contributed by atoms with Gasteiger partial charge in [-0.15, -0.1) is 0 Å². The van der Waals surface area contributed by atoms with Gasteiger partial charge in [-0.25, -0.2) is 0 Å². The van der Waals surface area contributed by atoms with Gasteiger partial charge in [-0.1, -0.05) is 78.9 Å². The molecule has 36 heavy (non-hydrogen) atoms. The third-order valence-corrected chi connectivity index (χ3v) is 11.0. The highest BCUT2D eigenvalue weighted by molar-refractivity contribution is 5.80. The average molecular weight is 465 g/mol. The van der Waals surface area contributed by atoms with Crippen molar-refractivity contribution in [2.24, 2.45) is 23.7 Å². The number of rotatable bonds is 2. The summed E-state index contributed by atoms with van der Waals surface area (Å²) in [4.78, 5) is 0. The van der Waals surface area contributed by atoms with Gasteiger partial charge in [0.15, 0.2) is 0 Å². The van der Waals surface area contributed by atoms with Crippen molar-refractivity contribution in [3.8, 4) is 22.3 Å². The van der Waals surface area contributed by atoms with E-state index in [0.717, 1.165) is 36.5 Å². The van der Waals surface area contributed by atoms with Gasteiger partial charge in [-0.2, -0.15) is 0 Å². The lowest BCUT2D eigenvalue weighted by Gasteiger charge is -2.62. The maximum Gasteiger partial charge on any atom is 0.0262 e. The van der Waals surface area contributed by atoms with Crippen LogP contribution in [0.2, 0.25) is 0 Å². The highest BCUT2D eigenvalue weighted by Crippen LogP contribution is 2.66. The summed E-state index contributed by atoms with van der Waals surface area (Å²) in [5.41, 5.74) is 15.6.